The molecule has 0 spiro atoms. The average molecular weight is 391 g/mol. The number of carbonyl (C=O) groups is 1. The van der Waals surface area contributed by atoms with Gasteiger partial charge >= 0.3 is 0 Å². The normalized spacial score (nSPS) is 23.0. The first-order chi connectivity index (χ1) is 9.84. The van der Waals surface area contributed by atoms with E-state index in [1.165, 1.54) is 0 Å². The minimum Gasteiger partial charge on any atom is -0.330 e. The molecule has 0 radical (unpaired) electrons. The van der Waals surface area contributed by atoms with Crippen molar-refractivity contribution >= 4 is 39.9 Å². The van der Waals surface area contributed by atoms with Gasteiger partial charge in [-0.05, 0) is 72.4 Å². The quantitative estimate of drug-likeness (QED) is 0.830. The highest BCUT2D eigenvalue weighted by Crippen LogP contribution is 2.30. The SMILES string of the molecule is Cc1ccc(NC(=O)C(C)N2CCC(C)(CN)C2)c(Br)c1.Cl. The number of anilines is 1. The third kappa shape index (κ3) is 4.44. The molecule has 1 fully saturated rings. The van der Waals surface area contributed by atoms with Gasteiger partial charge in [-0.3, -0.25) is 9.69 Å². The summed E-state index contributed by atoms with van der Waals surface area (Å²) in [6.45, 7) is 8.65. The molecule has 1 saturated heterocycles. The number of hydrogen-bond acceptors (Lipinski definition) is 3. The van der Waals surface area contributed by atoms with Crippen molar-refractivity contribution < 1.29 is 4.79 Å². The van der Waals surface area contributed by atoms with Crippen LogP contribution in [0, 0.1) is 12.3 Å². The van der Waals surface area contributed by atoms with Gasteiger partial charge in [-0.1, -0.05) is 13.0 Å². The second-order valence-corrected chi connectivity index (χ2v) is 7.24. The standard InChI is InChI=1S/C16H24BrN3O.ClH/c1-11-4-5-14(13(17)8-11)19-15(21)12(2)20-7-6-16(3,9-18)10-20;/h4-5,8,12H,6-7,9-10,18H2,1-3H3,(H,19,21);1H. The monoisotopic (exact) mass is 389 g/mol. The molecule has 1 aromatic carbocycles. The van der Waals surface area contributed by atoms with Gasteiger partial charge in [-0.25, -0.2) is 0 Å². The zero-order valence-electron chi connectivity index (χ0n) is 13.4. The van der Waals surface area contributed by atoms with Gasteiger partial charge in [0.05, 0.1) is 11.7 Å². The van der Waals surface area contributed by atoms with E-state index in [2.05, 4.69) is 33.1 Å². The topological polar surface area (TPSA) is 58.4 Å². The van der Waals surface area contributed by atoms with E-state index in [1.54, 1.807) is 0 Å². The molecule has 2 atom stereocenters. The number of halogens is 2. The molecule has 1 aliphatic heterocycles. The van der Waals surface area contributed by atoms with Crippen LogP contribution in [0.3, 0.4) is 0 Å². The Morgan fingerprint density at radius 1 is 1.55 bits per heavy atom. The van der Waals surface area contributed by atoms with Gasteiger partial charge in [-0.15, -0.1) is 12.4 Å². The minimum absolute atomic E-state index is 0. The third-order valence-electron chi connectivity index (χ3n) is 4.39. The molecule has 4 nitrogen and oxygen atoms in total. The van der Waals surface area contributed by atoms with Crippen molar-refractivity contribution in [1.82, 2.24) is 4.90 Å². The van der Waals surface area contributed by atoms with Crippen LogP contribution in [0.4, 0.5) is 5.69 Å². The number of rotatable bonds is 4. The fourth-order valence-electron chi connectivity index (χ4n) is 2.68. The Hall–Kier alpha value is -0.620. The lowest BCUT2D eigenvalue weighted by atomic mass is 9.90. The van der Waals surface area contributed by atoms with Gasteiger partial charge in [0.2, 0.25) is 5.91 Å². The maximum absolute atomic E-state index is 12.4. The minimum atomic E-state index is -0.147. The molecular formula is C16H25BrClN3O. The molecule has 1 aromatic rings. The fraction of sp³-hybridized carbons (Fsp3) is 0.562. The van der Waals surface area contributed by atoms with Crippen molar-refractivity contribution in [2.45, 2.75) is 33.2 Å². The van der Waals surface area contributed by atoms with Crippen LogP contribution in [0.1, 0.15) is 25.8 Å². The molecule has 0 aliphatic carbocycles. The molecule has 124 valence electrons. The number of nitrogens with one attached hydrogen (secondary N) is 1. The van der Waals surface area contributed by atoms with E-state index < -0.39 is 0 Å². The van der Waals surface area contributed by atoms with Crippen LogP contribution in [0.25, 0.3) is 0 Å². The largest absolute Gasteiger partial charge is 0.330 e. The first-order valence-corrected chi connectivity index (χ1v) is 8.15. The van der Waals surface area contributed by atoms with E-state index >= 15 is 0 Å². The van der Waals surface area contributed by atoms with Crippen molar-refractivity contribution in [2.75, 3.05) is 25.0 Å². The predicted octanol–water partition coefficient (Wildman–Crippen LogP) is 3.18. The number of benzene rings is 1. The highest BCUT2D eigenvalue weighted by Gasteiger charge is 2.36. The zero-order chi connectivity index (χ0) is 15.6. The number of amides is 1. The Morgan fingerprint density at radius 3 is 2.77 bits per heavy atom. The van der Waals surface area contributed by atoms with Crippen molar-refractivity contribution in [1.29, 1.82) is 0 Å². The molecule has 0 bridgehead atoms. The molecule has 1 aliphatic rings. The van der Waals surface area contributed by atoms with Gasteiger partial charge < -0.3 is 11.1 Å². The zero-order valence-corrected chi connectivity index (χ0v) is 15.8. The molecule has 1 heterocycles. The first kappa shape index (κ1) is 19.4. The maximum Gasteiger partial charge on any atom is 0.241 e. The van der Waals surface area contributed by atoms with Crippen LogP contribution >= 0.6 is 28.3 Å². The van der Waals surface area contributed by atoms with Crippen LogP contribution < -0.4 is 11.1 Å². The number of hydrogen-bond donors (Lipinski definition) is 2. The summed E-state index contributed by atoms with van der Waals surface area (Å²) in [4.78, 5) is 14.6. The summed E-state index contributed by atoms with van der Waals surface area (Å²) in [5.41, 5.74) is 7.94. The third-order valence-corrected chi connectivity index (χ3v) is 5.05. The van der Waals surface area contributed by atoms with Crippen LogP contribution in [0.2, 0.25) is 0 Å². The second-order valence-electron chi connectivity index (χ2n) is 6.38. The Bertz CT molecular complexity index is 540. The Labute approximate surface area is 147 Å². The summed E-state index contributed by atoms with van der Waals surface area (Å²) >= 11 is 3.49. The first-order valence-electron chi connectivity index (χ1n) is 7.36. The molecule has 0 aromatic heterocycles. The van der Waals surface area contributed by atoms with E-state index in [9.17, 15) is 4.79 Å². The molecule has 0 saturated carbocycles. The van der Waals surface area contributed by atoms with Gasteiger partial charge in [0.1, 0.15) is 0 Å². The van der Waals surface area contributed by atoms with Crippen LogP contribution in [0.15, 0.2) is 22.7 Å². The van der Waals surface area contributed by atoms with Crippen molar-refractivity contribution in [3.8, 4) is 0 Å². The summed E-state index contributed by atoms with van der Waals surface area (Å²) in [6, 6.07) is 5.78. The van der Waals surface area contributed by atoms with Crippen molar-refractivity contribution in [3.63, 3.8) is 0 Å². The van der Waals surface area contributed by atoms with E-state index in [0.29, 0.717) is 6.54 Å². The average Bonchev–Trinajstić information content (AvgIpc) is 2.84. The number of aryl methyl sites for hydroxylation is 1. The Morgan fingerprint density at radius 2 is 2.23 bits per heavy atom. The van der Waals surface area contributed by atoms with Crippen molar-refractivity contribution in [2.24, 2.45) is 11.1 Å². The fourth-order valence-corrected chi connectivity index (χ4v) is 3.28. The van der Waals surface area contributed by atoms with Crippen LogP contribution in [0.5, 0.6) is 0 Å². The highest BCUT2D eigenvalue weighted by atomic mass is 79.9. The van der Waals surface area contributed by atoms with Crippen molar-refractivity contribution in [3.05, 3.63) is 28.2 Å². The molecule has 3 N–H and O–H groups in total. The summed E-state index contributed by atoms with van der Waals surface area (Å²) in [5, 5.41) is 3.00. The Kier molecular flexibility index (Phi) is 6.86. The molecule has 2 unspecified atom stereocenters. The maximum atomic E-state index is 12.4. The molecule has 22 heavy (non-hydrogen) atoms. The van der Waals surface area contributed by atoms with Crippen LogP contribution in [-0.4, -0.2) is 36.5 Å². The number of likely N-dealkylation sites (tertiary alicyclic amines) is 1. The lowest BCUT2D eigenvalue weighted by molar-refractivity contribution is -0.120. The number of carbonyl (C=O) groups excluding carboxylic acids is 1. The van der Waals surface area contributed by atoms with E-state index in [1.807, 2.05) is 32.0 Å². The van der Waals surface area contributed by atoms with E-state index in [0.717, 1.165) is 35.2 Å². The lowest BCUT2D eigenvalue weighted by Gasteiger charge is -2.26. The molecule has 6 heteroatoms. The predicted molar refractivity (Wildman–Crippen MR) is 97.6 cm³/mol. The van der Waals surface area contributed by atoms with Crippen LogP contribution in [-0.2, 0) is 4.79 Å². The van der Waals surface area contributed by atoms with E-state index in [4.69, 9.17) is 5.73 Å². The smallest absolute Gasteiger partial charge is 0.241 e. The molecule has 1 amide bonds. The summed E-state index contributed by atoms with van der Waals surface area (Å²) < 4.78 is 0.913. The summed E-state index contributed by atoms with van der Waals surface area (Å²) in [7, 11) is 0. The van der Waals surface area contributed by atoms with E-state index in [-0.39, 0.29) is 29.8 Å². The van der Waals surface area contributed by atoms with Gasteiger partial charge in [0.25, 0.3) is 0 Å². The summed E-state index contributed by atoms with van der Waals surface area (Å²) in [5.74, 6) is 0.0285. The number of nitrogens with two attached hydrogens (primary N) is 1. The summed E-state index contributed by atoms with van der Waals surface area (Å²) in [6.07, 6.45) is 1.05. The lowest BCUT2D eigenvalue weighted by Crippen LogP contribution is -2.42. The molecule has 2 rings (SSSR count). The number of nitrogens with zero attached hydrogens (tertiary/aromatic N) is 1. The second kappa shape index (κ2) is 7.77. The van der Waals surface area contributed by atoms with Gasteiger partial charge in [0.15, 0.2) is 0 Å². The van der Waals surface area contributed by atoms with Gasteiger partial charge in [-0.2, -0.15) is 0 Å². The molecular weight excluding hydrogens is 366 g/mol. The van der Waals surface area contributed by atoms with Gasteiger partial charge in [0, 0.05) is 11.0 Å². The Balaban J connectivity index is 0.00000242. The highest BCUT2D eigenvalue weighted by molar-refractivity contribution is 9.10.